The van der Waals surface area contributed by atoms with Crippen molar-refractivity contribution in [3.8, 4) is 6.07 Å². The second-order valence-electron chi connectivity index (χ2n) is 7.88. The molecule has 0 bridgehead atoms. The summed E-state index contributed by atoms with van der Waals surface area (Å²) in [6, 6.07) is 8.94. The molecule has 1 N–H and O–H groups in total. The summed E-state index contributed by atoms with van der Waals surface area (Å²) in [6.45, 7) is 3.15. The first-order chi connectivity index (χ1) is 14.0. The summed E-state index contributed by atoms with van der Waals surface area (Å²) in [5.74, 6) is 0.704. The second-order valence-corrected chi connectivity index (χ2v) is 7.88. The van der Waals surface area contributed by atoms with E-state index >= 15 is 0 Å². The number of carbonyl (C=O) groups excluding carboxylic acids is 2. The minimum absolute atomic E-state index is 0.0150. The van der Waals surface area contributed by atoms with Crippen molar-refractivity contribution in [2.24, 2.45) is 0 Å². The number of fused-ring (bicyclic) bond motifs is 1. The minimum Gasteiger partial charge on any atom is -0.353 e. The van der Waals surface area contributed by atoms with Gasteiger partial charge in [-0.05, 0) is 38.0 Å². The molecule has 1 atom stereocenters. The predicted molar refractivity (Wildman–Crippen MR) is 107 cm³/mol. The van der Waals surface area contributed by atoms with Crippen molar-refractivity contribution in [3.63, 3.8) is 0 Å². The molecule has 2 aliphatic rings. The molecule has 4 rings (SSSR count). The van der Waals surface area contributed by atoms with E-state index < -0.39 is 0 Å². The number of imidazole rings is 1. The summed E-state index contributed by atoms with van der Waals surface area (Å²) in [5, 5.41) is 12.2. The van der Waals surface area contributed by atoms with Crippen molar-refractivity contribution in [2.45, 2.75) is 57.7 Å². The van der Waals surface area contributed by atoms with Crippen LogP contribution >= 0.6 is 0 Å². The second kappa shape index (κ2) is 8.08. The van der Waals surface area contributed by atoms with Gasteiger partial charge in [0, 0.05) is 30.9 Å². The number of carbonyl (C=O) groups is 2. The molecule has 1 aromatic carbocycles. The number of amides is 2. The van der Waals surface area contributed by atoms with Crippen LogP contribution in [-0.4, -0.2) is 38.9 Å². The number of nitriles is 1. The monoisotopic (exact) mass is 391 g/mol. The standard InChI is InChI=1S/C22H25N5O2/c1-15-21-25-19(12-20(28)24-18-7-2-3-8-18)14-26(21)9-10-27(15)22(29)17-6-4-5-16(11-17)13-23/h4-6,11,14-15,18H,2-3,7-10,12H2,1H3,(H,24,28)/t15-/m0/s1. The summed E-state index contributed by atoms with van der Waals surface area (Å²) in [4.78, 5) is 31.8. The third-order valence-corrected chi connectivity index (χ3v) is 5.84. The molecule has 7 nitrogen and oxygen atoms in total. The highest BCUT2D eigenvalue weighted by Gasteiger charge is 2.30. The molecule has 2 amide bonds. The van der Waals surface area contributed by atoms with E-state index in [0.29, 0.717) is 30.3 Å². The molecule has 0 unspecified atom stereocenters. The van der Waals surface area contributed by atoms with Crippen molar-refractivity contribution in [1.29, 1.82) is 5.26 Å². The Labute approximate surface area is 170 Å². The number of benzene rings is 1. The van der Waals surface area contributed by atoms with Gasteiger partial charge in [0.15, 0.2) is 0 Å². The van der Waals surface area contributed by atoms with Gasteiger partial charge in [-0.15, -0.1) is 0 Å². The number of hydrogen-bond acceptors (Lipinski definition) is 4. The molecule has 1 fully saturated rings. The van der Waals surface area contributed by atoms with Crippen LogP contribution in [0.25, 0.3) is 0 Å². The number of nitrogens with zero attached hydrogens (tertiary/aromatic N) is 4. The lowest BCUT2D eigenvalue weighted by molar-refractivity contribution is -0.121. The fourth-order valence-electron chi connectivity index (χ4n) is 4.31. The lowest BCUT2D eigenvalue weighted by Gasteiger charge is -2.33. The molecule has 1 aliphatic carbocycles. The Morgan fingerprint density at radius 3 is 2.83 bits per heavy atom. The maximum atomic E-state index is 13.0. The van der Waals surface area contributed by atoms with Crippen LogP contribution in [0.1, 0.15) is 66.1 Å². The van der Waals surface area contributed by atoms with E-state index in [1.807, 2.05) is 17.7 Å². The Morgan fingerprint density at radius 2 is 2.07 bits per heavy atom. The third-order valence-electron chi connectivity index (χ3n) is 5.84. The van der Waals surface area contributed by atoms with E-state index in [4.69, 9.17) is 5.26 Å². The van der Waals surface area contributed by atoms with Crippen LogP contribution < -0.4 is 5.32 Å². The smallest absolute Gasteiger partial charge is 0.254 e. The Hall–Kier alpha value is -3.14. The zero-order valence-corrected chi connectivity index (χ0v) is 16.6. The molecular formula is C22H25N5O2. The van der Waals surface area contributed by atoms with Crippen molar-refractivity contribution >= 4 is 11.8 Å². The van der Waals surface area contributed by atoms with E-state index in [-0.39, 0.29) is 24.3 Å². The first-order valence-electron chi connectivity index (χ1n) is 10.2. The van der Waals surface area contributed by atoms with Gasteiger partial charge in [0.1, 0.15) is 5.82 Å². The SMILES string of the molecule is C[C@H]1c2nc(CC(=O)NC3CCCC3)cn2CCN1C(=O)c1cccc(C#N)c1. The molecule has 0 spiro atoms. The van der Waals surface area contributed by atoms with E-state index in [1.54, 1.807) is 29.2 Å². The van der Waals surface area contributed by atoms with E-state index in [0.717, 1.165) is 24.4 Å². The molecule has 1 aliphatic heterocycles. The number of hydrogen-bond donors (Lipinski definition) is 1. The zero-order valence-electron chi connectivity index (χ0n) is 16.6. The molecule has 1 aromatic heterocycles. The normalized spacial score (nSPS) is 18.9. The summed E-state index contributed by atoms with van der Waals surface area (Å²) in [7, 11) is 0. The minimum atomic E-state index is -0.200. The molecular weight excluding hydrogens is 366 g/mol. The Bertz CT molecular complexity index is 968. The number of rotatable bonds is 4. The predicted octanol–water partition coefficient (Wildman–Crippen LogP) is 2.57. The summed E-state index contributed by atoms with van der Waals surface area (Å²) >= 11 is 0. The summed E-state index contributed by atoms with van der Waals surface area (Å²) in [5.41, 5.74) is 1.72. The van der Waals surface area contributed by atoms with Gasteiger partial charge in [-0.3, -0.25) is 9.59 Å². The number of nitrogens with one attached hydrogen (secondary N) is 1. The third kappa shape index (κ3) is 4.02. The van der Waals surface area contributed by atoms with Crippen LogP contribution in [0.3, 0.4) is 0 Å². The maximum absolute atomic E-state index is 13.0. The van der Waals surface area contributed by atoms with Gasteiger partial charge in [0.2, 0.25) is 5.91 Å². The molecule has 0 saturated heterocycles. The zero-order chi connectivity index (χ0) is 20.4. The largest absolute Gasteiger partial charge is 0.353 e. The molecule has 2 aromatic rings. The highest BCUT2D eigenvalue weighted by atomic mass is 16.2. The molecule has 1 saturated carbocycles. The molecule has 7 heteroatoms. The Balaban J connectivity index is 1.46. The Kier molecular flexibility index (Phi) is 5.34. The van der Waals surface area contributed by atoms with Gasteiger partial charge in [-0.25, -0.2) is 4.98 Å². The maximum Gasteiger partial charge on any atom is 0.254 e. The van der Waals surface area contributed by atoms with Crippen molar-refractivity contribution in [3.05, 3.63) is 53.1 Å². The average molecular weight is 391 g/mol. The molecule has 0 radical (unpaired) electrons. The molecule has 150 valence electrons. The highest BCUT2D eigenvalue weighted by Crippen LogP contribution is 2.27. The van der Waals surface area contributed by atoms with Gasteiger partial charge in [-0.1, -0.05) is 18.9 Å². The summed E-state index contributed by atoms with van der Waals surface area (Å²) in [6.07, 6.45) is 6.68. The van der Waals surface area contributed by atoms with Gasteiger partial charge in [0.05, 0.1) is 29.8 Å². The van der Waals surface area contributed by atoms with E-state index in [9.17, 15) is 9.59 Å². The van der Waals surface area contributed by atoms with Gasteiger partial charge in [-0.2, -0.15) is 5.26 Å². The first kappa shape index (κ1) is 19.2. The Morgan fingerprint density at radius 1 is 1.28 bits per heavy atom. The number of aromatic nitrogens is 2. The highest BCUT2D eigenvalue weighted by molar-refractivity contribution is 5.94. The lowest BCUT2D eigenvalue weighted by atomic mass is 10.1. The van der Waals surface area contributed by atoms with Crippen LogP contribution in [0.4, 0.5) is 0 Å². The fourth-order valence-corrected chi connectivity index (χ4v) is 4.31. The van der Waals surface area contributed by atoms with Gasteiger partial charge < -0.3 is 14.8 Å². The van der Waals surface area contributed by atoms with Crippen molar-refractivity contribution in [1.82, 2.24) is 19.8 Å². The van der Waals surface area contributed by atoms with Crippen LogP contribution in [0.5, 0.6) is 0 Å². The lowest BCUT2D eigenvalue weighted by Crippen LogP contribution is -2.41. The van der Waals surface area contributed by atoms with E-state index in [2.05, 4.69) is 16.4 Å². The van der Waals surface area contributed by atoms with Gasteiger partial charge in [0.25, 0.3) is 5.91 Å². The molecule has 2 heterocycles. The topological polar surface area (TPSA) is 91.0 Å². The fraction of sp³-hybridized carbons (Fsp3) is 0.455. The van der Waals surface area contributed by atoms with Crippen molar-refractivity contribution < 1.29 is 9.59 Å². The summed E-state index contributed by atoms with van der Waals surface area (Å²) < 4.78 is 2.04. The van der Waals surface area contributed by atoms with Crippen LogP contribution in [0.2, 0.25) is 0 Å². The van der Waals surface area contributed by atoms with Gasteiger partial charge >= 0.3 is 0 Å². The van der Waals surface area contributed by atoms with Crippen LogP contribution in [0, 0.1) is 11.3 Å². The molecule has 29 heavy (non-hydrogen) atoms. The average Bonchev–Trinajstić information content (AvgIpc) is 3.37. The van der Waals surface area contributed by atoms with E-state index in [1.165, 1.54) is 12.8 Å². The van der Waals surface area contributed by atoms with Crippen LogP contribution in [-0.2, 0) is 17.8 Å². The first-order valence-corrected chi connectivity index (χ1v) is 10.2. The quantitative estimate of drug-likeness (QED) is 0.867. The van der Waals surface area contributed by atoms with Crippen molar-refractivity contribution in [2.75, 3.05) is 6.54 Å². The van der Waals surface area contributed by atoms with Crippen LogP contribution in [0.15, 0.2) is 30.5 Å².